The molecule has 0 saturated carbocycles. The van der Waals surface area contributed by atoms with E-state index in [2.05, 4.69) is 20.4 Å². The zero-order valence-corrected chi connectivity index (χ0v) is 19.7. The van der Waals surface area contributed by atoms with Gasteiger partial charge < -0.3 is 14.7 Å². The monoisotopic (exact) mass is 483 g/mol. The molecule has 2 amide bonds. The number of aryl methyl sites for hydroxylation is 1. The maximum Gasteiger partial charge on any atom is 0.238 e. The Hall–Kier alpha value is -2.69. The summed E-state index contributed by atoms with van der Waals surface area (Å²) in [5, 5.41) is 8.59. The second-order valence-corrected chi connectivity index (χ2v) is 10.3. The molecule has 0 aliphatic carbocycles. The lowest BCUT2D eigenvalue weighted by molar-refractivity contribution is -0.134. The molecule has 0 bridgehead atoms. The van der Waals surface area contributed by atoms with E-state index < -0.39 is 0 Å². The van der Waals surface area contributed by atoms with E-state index in [9.17, 15) is 9.59 Å². The number of carbonyl (C=O) groups excluding carboxylic acids is 2. The van der Waals surface area contributed by atoms with Crippen molar-refractivity contribution < 1.29 is 14.1 Å². The molecule has 5 rings (SSSR count). The van der Waals surface area contributed by atoms with Crippen LogP contribution >= 0.6 is 23.1 Å². The molecule has 0 radical (unpaired) electrons. The number of hydrogen-bond acceptors (Lipinski definition) is 8. The van der Waals surface area contributed by atoms with Gasteiger partial charge in [0.1, 0.15) is 0 Å². The van der Waals surface area contributed by atoms with Crippen LogP contribution in [0.25, 0.3) is 10.7 Å². The first-order valence-electron chi connectivity index (χ1n) is 11.1. The second kappa shape index (κ2) is 10.1. The first kappa shape index (κ1) is 22.1. The van der Waals surface area contributed by atoms with Crippen molar-refractivity contribution in [1.29, 1.82) is 0 Å². The van der Waals surface area contributed by atoms with Gasteiger partial charge in [0.05, 0.1) is 15.8 Å². The summed E-state index contributed by atoms with van der Waals surface area (Å²) in [7, 11) is 0. The number of para-hydroxylation sites is 1. The number of thiophene rings is 1. The molecule has 1 fully saturated rings. The number of piperazine rings is 1. The minimum absolute atomic E-state index is 0.0497. The number of nitrogens with zero attached hydrogens (tertiary/aromatic N) is 4. The summed E-state index contributed by atoms with van der Waals surface area (Å²) in [6, 6.07) is 11.7. The summed E-state index contributed by atoms with van der Waals surface area (Å²) in [6.07, 6.45) is 1.90. The van der Waals surface area contributed by atoms with Gasteiger partial charge in [-0.15, -0.1) is 23.1 Å². The maximum absolute atomic E-state index is 12.8. The number of fused-ring (bicyclic) bond motifs is 1. The quantitative estimate of drug-likeness (QED) is 0.551. The number of thioether (sulfide) groups is 1. The number of rotatable bonds is 7. The first-order valence-corrected chi connectivity index (χ1v) is 12.8. The van der Waals surface area contributed by atoms with Crippen LogP contribution in [0.2, 0.25) is 0 Å². The molecule has 3 aromatic rings. The van der Waals surface area contributed by atoms with Crippen LogP contribution in [0.3, 0.4) is 0 Å². The number of benzene rings is 1. The Bertz CT molecular complexity index is 1110. The second-order valence-electron chi connectivity index (χ2n) is 8.11. The topological polar surface area (TPSA) is 91.6 Å². The van der Waals surface area contributed by atoms with Crippen molar-refractivity contribution in [3.05, 3.63) is 47.7 Å². The highest BCUT2D eigenvalue weighted by Crippen LogP contribution is 2.36. The van der Waals surface area contributed by atoms with E-state index in [0.717, 1.165) is 47.9 Å². The highest BCUT2D eigenvalue weighted by Gasteiger charge is 2.31. The average molecular weight is 484 g/mol. The fraction of sp³-hybridized carbons (Fsp3) is 0.391. The van der Waals surface area contributed by atoms with Crippen molar-refractivity contribution in [3.8, 4) is 10.7 Å². The number of nitrogens with one attached hydrogen (secondary N) is 1. The summed E-state index contributed by atoms with van der Waals surface area (Å²) in [5.74, 6) is 1.28. The smallest absolute Gasteiger partial charge is 0.238 e. The third kappa shape index (κ3) is 5.29. The molecule has 8 nitrogen and oxygen atoms in total. The van der Waals surface area contributed by atoms with Crippen LogP contribution in [0.4, 0.5) is 5.69 Å². The molecule has 1 aromatic carbocycles. The molecule has 1 saturated heterocycles. The van der Waals surface area contributed by atoms with E-state index in [-0.39, 0.29) is 23.5 Å². The largest absolute Gasteiger partial charge is 0.340 e. The lowest BCUT2D eigenvalue weighted by Crippen LogP contribution is -2.49. The Morgan fingerprint density at radius 3 is 2.82 bits per heavy atom. The van der Waals surface area contributed by atoms with E-state index in [0.29, 0.717) is 24.8 Å². The van der Waals surface area contributed by atoms with Gasteiger partial charge in [-0.3, -0.25) is 14.5 Å². The fourth-order valence-corrected chi connectivity index (χ4v) is 5.80. The van der Waals surface area contributed by atoms with Gasteiger partial charge in [-0.1, -0.05) is 23.4 Å². The van der Waals surface area contributed by atoms with E-state index in [1.54, 1.807) is 11.3 Å². The molecule has 10 heteroatoms. The van der Waals surface area contributed by atoms with Gasteiger partial charge in [0.2, 0.25) is 23.5 Å². The van der Waals surface area contributed by atoms with Crippen LogP contribution in [0, 0.1) is 0 Å². The van der Waals surface area contributed by atoms with E-state index in [1.165, 1.54) is 11.8 Å². The van der Waals surface area contributed by atoms with Gasteiger partial charge in [-0.25, -0.2) is 0 Å². The minimum Gasteiger partial charge on any atom is -0.340 e. The van der Waals surface area contributed by atoms with Gasteiger partial charge in [0, 0.05) is 43.9 Å². The van der Waals surface area contributed by atoms with Crippen LogP contribution < -0.4 is 5.32 Å². The number of aromatic nitrogens is 2. The van der Waals surface area contributed by atoms with Gasteiger partial charge in [-0.05, 0) is 36.5 Å². The molecule has 2 aliphatic heterocycles. The first-order chi connectivity index (χ1) is 16.2. The Labute approximate surface area is 200 Å². The molecule has 2 aromatic heterocycles. The molecule has 1 N–H and O–H groups in total. The number of hydrogen-bond donors (Lipinski definition) is 1. The van der Waals surface area contributed by atoms with Gasteiger partial charge in [0.15, 0.2) is 0 Å². The third-order valence-electron chi connectivity index (χ3n) is 5.87. The Balaban J connectivity index is 1.04. The third-order valence-corrected chi connectivity index (χ3v) is 8.01. The Kier molecular flexibility index (Phi) is 6.75. The molecular formula is C23H25N5O3S2. The van der Waals surface area contributed by atoms with Crippen molar-refractivity contribution in [2.45, 2.75) is 29.4 Å². The molecule has 2 aliphatic rings. The van der Waals surface area contributed by atoms with E-state index in [4.69, 9.17) is 4.52 Å². The highest BCUT2D eigenvalue weighted by molar-refractivity contribution is 8.01. The zero-order valence-electron chi connectivity index (χ0n) is 18.1. The lowest BCUT2D eigenvalue weighted by atomic mass is 10.2. The van der Waals surface area contributed by atoms with Crippen LogP contribution in [0.5, 0.6) is 0 Å². The minimum atomic E-state index is -0.376. The molecule has 1 unspecified atom stereocenters. The summed E-state index contributed by atoms with van der Waals surface area (Å²) in [6.45, 7) is 3.98. The summed E-state index contributed by atoms with van der Waals surface area (Å²) < 4.78 is 5.37. The van der Waals surface area contributed by atoms with Crippen LogP contribution in [0.1, 0.15) is 18.7 Å². The van der Waals surface area contributed by atoms with Crippen LogP contribution in [0.15, 0.2) is 51.2 Å². The van der Waals surface area contributed by atoms with E-state index >= 15 is 0 Å². The van der Waals surface area contributed by atoms with Crippen molar-refractivity contribution in [2.24, 2.45) is 0 Å². The van der Waals surface area contributed by atoms with Crippen molar-refractivity contribution in [3.63, 3.8) is 0 Å². The Morgan fingerprint density at radius 2 is 2.00 bits per heavy atom. The highest BCUT2D eigenvalue weighted by atomic mass is 32.2. The predicted octanol–water partition coefficient (Wildman–Crippen LogP) is 3.38. The van der Waals surface area contributed by atoms with Crippen molar-refractivity contribution in [2.75, 3.05) is 38.0 Å². The molecular weight excluding hydrogens is 458 g/mol. The molecule has 0 spiro atoms. The number of carbonyl (C=O) groups is 2. The standard InChI is InChI=1S/C23H25N5O3S2/c29-21(15-19-23(30)24-16-5-1-2-6-17(16)33-19)28-12-10-27(11-13-28)9-3-8-20-25-22(26-31-20)18-7-4-14-32-18/h1-2,4-7,14,19H,3,8-13,15H2,(H,24,30). The number of anilines is 1. The summed E-state index contributed by atoms with van der Waals surface area (Å²) >= 11 is 3.08. The maximum atomic E-state index is 12.8. The SMILES string of the molecule is O=C1Nc2ccccc2SC1CC(=O)N1CCN(CCCc2nc(-c3cccs3)no2)CC1. The summed E-state index contributed by atoms with van der Waals surface area (Å²) in [4.78, 5) is 36.0. The Morgan fingerprint density at radius 1 is 1.15 bits per heavy atom. The summed E-state index contributed by atoms with van der Waals surface area (Å²) in [5.41, 5.74) is 0.827. The fourth-order valence-electron chi connectivity index (χ4n) is 4.05. The molecule has 4 heterocycles. The van der Waals surface area contributed by atoms with Crippen molar-refractivity contribution >= 4 is 40.6 Å². The molecule has 172 valence electrons. The lowest BCUT2D eigenvalue weighted by Gasteiger charge is -2.35. The van der Waals surface area contributed by atoms with Gasteiger partial charge in [0.25, 0.3) is 0 Å². The van der Waals surface area contributed by atoms with Gasteiger partial charge >= 0.3 is 0 Å². The zero-order chi connectivity index (χ0) is 22.6. The van der Waals surface area contributed by atoms with Crippen LogP contribution in [-0.2, 0) is 16.0 Å². The average Bonchev–Trinajstić information content (AvgIpc) is 3.52. The number of amides is 2. The van der Waals surface area contributed by atoms with Gasteiger partial charge in [-0.2, -0.15) is 4.98 Å². The predicted molar refractivity (Wildman–Crippen MR) is 128 cm³/mol. The molecule has 33 heavy (non-hydrogen) atoms. The van der Waals surface area contributed by atoms with Crippen LogP contribution in [-0.4, -0.2) is 69.7 Å². The molecule has 1 atom stereocenters. The van der Waals surface area contributed by atoms with Crippen molar-refractivity contribution in [1.82, 2.24) is 19.9 Å². The normalized spacial score (nSPS) is 18.7. The van der Waals surface area contributed by atoms with E-state index in [1.807, 2.05) is 46.7 Å².